The first kappa shape index (κ1) is 18.9. The van der Waals surface area contributed by atoms with Gasteiger partial charge in [0.15, 0.2) is 0 Å². The predicted octanol–water partition coefficient (Wildman–Crippen LogP) is 3.74. The van der Waals surface area contributed by atoms with Crippen LogP contribution in [-0.4, -0.2) is 27.5 Å². The van der Waals surface area contributed by atoms with E-state index >= 15 is 0 Å². The summed E-state index contributed by atoms with van der Waals surface area (Å²) in [4.78, 5) is 13.0. The van der Waals surface area contributed by atoms with E-state index in [9.17, 15) is 17.6 Å². The molecule has 2 aromatic carbocycles. The molecule has 9 heteroatoms. The second-order valence-electron chi connectivity index (χ2n) is 6.47. The Hall–Kier alpha value is -2.49. The van der Waals surface area contributed by atoms with Crippen molar-refractivity contribution in [2.45, 2.75) is 23.8 Å². The van der Waals surface area contributed by atoms with Crippen molar-refractivity contribution in [2.75, 3.05) is 12.4 Å². The number of thiophene rings is 1. The predicted molar refractivity (Wildman–Crippen MR) is 106 cm³/mol. The molecule has 0 unspecified atom stereocenters. The van der Waals surface area contributed by atoms with Crippen LogP contribution < -0.4 is 14.8 Å². The third kappa shape index (κ3) is 3.73. The lowest BCUT2D eigenvalue weighted by Gasteiger charge is -2.12. The zero-order chi connectivity index (χ0) is 19.9. The fourth-order valence-electron chi connectivity index (χ4n) is 2.76. The first-order valence-electron chi connectivity index (χ1n) is 8.57. The maximum Gasteiger partial charge on any atom is 0.265 e. The van der Waals surface area contributed by atoms with E-state index in [0.717, 1.165) is 24.2 Å². The van der Waals surface area contributed by atoms with Gasteiger partial charge in [-0.15, -0.1) is 11.3 Å². The number of anilines is 1. The molecule has 1 heterocycles. The quantitative estimate of drug-likeness (QED) is 0.636. The van der Waals surface area contributed by atoms with Gasteiger partial charge in [0.25, 0.3) is 5.91 Å². The largest absolute Gasteiger partial charge is 0.495 e. The second-order valence-corrected chi connectivity index (χ2v) is 9.27. The monoisotopic (exact) mass is 420 g/mol. The van der Waals surface area contributed by atoms with E-state index in [4.69, 9.17) is 4.74 Å². The summed E-state index contributed by atoms with van der Waals surface area (Å²) in [6.07, 6.45) is 1.64. The number of halogens is 1. The fraction of sp³-hybridized carbons (Fsp3) is 0.211. The SMILES string of the molecule is COc1ccc(S(=O)(=O)NC2CC2)cc1NC(=O)c1cc2c(F)cccc2s1. The molecule has 1 aliphatic rings. The molecule has 1 aromatic heterocycles. The highest BCUT2D eigenvalue weighted by Gasteiger charge is 2.28. The third-order valence-corrected chi connectivity index (χ3v) is 6.98. The Kier molecular flexibility index (Phi) is 4.82. The highest BCUT2D eigenvalue weighted by atomic mass is 32.2. The number of hydrogen-bond acceptors (Lipinski definition) is 5. The number of nitrogens with one attached hydrogen (secondary N) is 2. The molecule has 0 spiro atoms. The van der Waals surface area contributed by atoms with E-state index in [0.29, 0.717) is 20.7 Å². The van der Waals surface area contributed by atoms with Crippen LogP contribution >= 0.6 is 11.3 Å². The minimum Gasteiger partial charge on any atom is -0.495 e. The average molecular weight is 420 g/mol. The van der Waals surface area contributed by atoms with Gasteiger partial charge >= 0.3 is 0 Å². The Labute approximate surface area is 165 Å². The van der Waals surface area contributed by atoms with E-state index in [1.54, 1.807) is 12.1 Å². The van der Waals surface area contributed by atoms with E-state index in [2.05, 4.69) is 10.0 Å². The first-order chi connectivity index (χ1) is 13.4. The summed E-state index contributed by atoms with van der Waals surface area (Å²) in [6, 6.07) is 10.4. The molecule has 1 amide bonds. The summed E-state index contributed by atoms with van der Waals surface area (Å²) in [5, 5.41) is 3.04. The summed E-state index contributed by atoms with van der Waals surface area (Å²) in [5.74, 6) is -0.542. The van der Waals surface area contributed by atoms with Crippen LogP contribution in [0.15, 0.2) is 47.4 Å². The molecule has 0 bridgehead atoms. The van der Waals surface area contributed by atoms with Crippen LogP contribution in [0.2, 0.25) is 0 Å². The molecule has 1 saturated carbocycles. The molecule has 0 atom stereocenters. The van der Waals surface area contributed by atoms with E-state index < -0.39 is 21.7 Å². The van der Waals surface area contributed by atoms with Gasteiger partial charge in [0.2, 0.25) is 10.0 Å². The normalized spacial score (nSPS) is 14.2. The lowest BCUT2D eigenvalue weighted by molar-refractivity contribution is 0.103. The molecule has 1 fully saturated rings. The van der Waals surface area contributed by atoms with Crippen LogP contribution in [0.25, 0.3) is 10.1 Å². The standard InChI is InChI=1S/C19H17FN2O4S2/c1-26-16-8-7-12(28(24,25)22-11-5-6-11)9-15(16)21-19(23)18-10-13-14(20)3-2-4-17(13)27-18/h2-4,7-11,22H,5-6H2,1H3,(H,21,23). The van der Waals surface area contributed by atoms with Crippen LogP contribution in [0, 0.1) is 5.82 Å². The number of benzene rings is 2. The minimum absolute atomic E-state index is 0.0291. The Morgan fingerprint density at radius 2 is 2.00 bits per heavy atom. The lowest BCUT2D eigenvalue weighted by atomic mass is 10.2. The van der Waals surface area contributed by atoms with Gasteiger partial charge in [0, 0.05) is 16.1 Å². The molecule has 4 rings (SSSR count). The van der Waals surface area contributed by atoms with Gasteiger partial charge in [-0.3, -0.25) is 4.79 Å². The number of carbonyl (C=O) groups excluding carboxylic acids is 1. The number of hydrogen-bond donors (Lipinski definition) is 2. The number of rotatable bonds is 6. The highest BCUT2D eigenvalue weighted by molar-refractivity contribution is 7.89. The smallest absolute Gasteiger partial charge is 0.265 e. The van der Waals surface area contributed by atoms with Gasteiger partial charge < -0.3 is 10.1 Å². The Morgan fingerprint density at radius 1 is 1.21 bits per heavy atom. The van der Waals surface area contributed by atoms with Gasteiger partial charge in [0.05, 0.1) is 22.6 Å². The molecule has 2 N–H and O–H groups in total. The zero-order valence-corrected chi connectivity index (χ0v) is 16.5. The Morgan fingerprint density at radius 3 is 2.68 bits per heavy atom. The van der Waals surface area contributed by atoms with Crippen molar-refractivity contribution >= 4 is 43.0 Å². The number of amides is 1. The summed E-state index contributed by atoms with van der Waals surface area (Å²) in [5.41, 5.74) is 0.226. The van der Waals surface area contributed by atoms with Crippen molar-refractivity contribution in [3.8, 4) is 5.75 Å². The number of carbonyl (C=O) groups is 1. The molecular weight excluding hydrogens is 403 g/mol. The van der Waals surface area contributed by atoms with Gasteiger partial charge in [-0.05, 0) is 49.2 Å². The number of ether oxygens (including phenoxy) is 1. The molecule has 3 aromatic rings. The van der Waals surface area contributed by atoms with Gasteiger partial charge in [-0.2, -0.15) is 0 Å². The number of sulfonamides is 1. The zero-order valence-electron chi connectivity index (χ0n) is 14.9. The summed E-state index contributed by atoms with van der Waals surface area (Å²) >= 11 is 1.16. The van der Waals surface area contributed by atoms with Crippen LogP contribution in [0.5, 0.6) is 5.75 Å². The molecule has 28 heavy (non-hydrogen) atoms. The van der Waals surface area contributed by atoms with Crippen molar-refractivity contribution in [3.05, 3.63) is 53.2 Å². The molecule has 1 aliphatic carbocycles. The van der Waals surface area contributed by atoms with Crippen LogP contribution in [0.1, 0.15) is 22.5 Å². The number of methoxy groups -OCH3 is 1. The Bertz CT molecular complexity index is 1170. The van der Waals surface area contributed by atoms with Crippen molar-refractivity contribution in [1.82, 2.24) is 4.72 Å². The maximum atomic E-state index is 13.9. The molecule has 0 saturated heterocycles. The van der Waals surface area contributed by atoms with E-state index in [-0.39, 0.29) is 16.6 Å². The summed E-state index contributed by atoms with van der Waals surface area (Å²) in [6.45, 7) is 0. The molecule has 146 valence electrons. The van der Waals surface area contributed by atoms with Crippen molar-refractivity contribution in [2.24, 2.45) is 0 Å². The van der Waals surface area contributed by atoms with Gasteiger partial charge in [-0.25, -0.2) is 17.5 Å². The first-order valence-corrected chi connectivity index (χ1v) is 10.9. The van der Waals surface area contributed by atoms with Gasteiger partial charge in [0.1, 0.15) is 11.6 Å². The Balaban J connectivity index is 1.64. The van der Waals surface area contributed by atoms with Gasteiger partial charge in [-0.1, -0.05) is 6.07 Å². The second kappa shape index (κ2) is 7.16. The number of fused-ring (bicyclic) bond motifs is 1. The summed E-state index contributed by atoms with van der Waals surface area (Å²) < 4.78 is 47.3. The van der Waals surface area contributed by atoms with Crippen molar-refractivity contribution in [3.63, 3.8) is 0 Å². The van der Waals surface area contributed by atoms with Crippen molar-refractivity contribution in [1.29, 1.82) is 0 Å². The van der Waals surface area contributed by atoms with E-state index in [1.165, 1.54) is 37.4 Å². The summed E-state index contributed by atoms with van der Waals surface area (Å²) in [7, 11) is -2.25. The maximum absolute atomic E-state index is 13.9. The van der Waals surface area contributed by atoms with Crippen LogP contribution in [-0.2, 0) is 10.0 Å². The van der Waals surface area contributed by atoms with E-state index in [1.807, 2.05) is 0 Å². The molecule has 0 radical (unpaired) electrons. The third-order valence-electron chi connectivity index (χ3n) is 4.36. The van der Waals surface area contributed by atoms with Crippen molar-refractivity contribution < 1.29 is 22.3 Å². The highest BCUT2D eigenvalue weighted by Crippen LogP contribution is 2.32. The molecular formula is C19H17FN2O4S2. The van der Waals surface area contributed by atoms with Crippen LogP contribution in [0.3, 0.4) is 0 Å². The van der Waals surface area contributed by atoms with Crippen LogP contribution in [0.4, 0.5) is 10.1 Å². The fourth-order valence-corrected chi connectivity index (χ4v) is 5.06. The minimum atomic E-state index is -3.67. The molecule has 0 aliphatic heterocycles. The lowest BCUT2D eigenvalue weighted by Crippen LogP contribution is -2.25. The topological polar surface area (TPSA) is 84.5 Å². The molecule has 6 nitrogen and oxygen atoms in total. The average Bonchev–Trinajstić information content (AvgIpc) is 3.34.